The van der Waals surface area contributed by atoms with E-state index in [1.807, 2.05) is 34.9 Å². The van der Waals surface area contributed by atoms with E-state index in [0.717, 1.165) is 44.8 Å². The number of benzene rings is 1. The van der Waals surface area contributed by atoms with Gasteiger partial charge in [0.15, 0.2) is 11.5 Å². The minimum atomic E-state index is -0.0907. The Bertz CT molecular complexity index is 996. The molecule has 4 rings (SSSR count). The van der Waals surface area contributed by atoms with Crippen LogP contribution in [0.5, 0.6) is 0 Å². The van der Waals surface area contributed by atoms with Crippen LogP contribution in [0.4, 0.5) is 0 Å². The van der Waals surface area contributed by atoms with Crippen molar-refractivity contribution in [3.63, 3.8) is 0 Å². The second kappa shape index (κ2) is 8.90. The zero-order valence-electron chi connectivity index (χ0n) is 16.5. The predicted octanol–water partition coefficient (Wildman–Crippen LogP) is 2.42. The molecule has 1 aliphatic rings. The largest absolute Gasteiger partial charge is 0.351 e. The monoisotopic (exact) mass is 412 g/mol. The number of rotatable bonds is 6. The highest BCUT2D eigenvalue weighted by Gasteiger charge is 2.16. The highest BCUT2D eigenvalue weighted by Crippen LogP contribution is 2.22. The fraction of sp³-hybridized carbons (Fsp3) is 0.381. The molecule has 3 aromatic rings. The molecule has 8 heteroatoms. The molecule has 1 aromatic carbocycles. The summed E-state index contributed by atoms with van der Waals surface area (Å²) in [6, 6.07) is 11.0. The highest BCUT2D eigenvalue weighted by molar-refractivity contribution is 6.30. The van der Waals surface area contributed by atoms with Gasteiger partial charge in [0.2, 0.25) is 0 Å². The van der Waals surface area contributed by atoms with E-state index >= 15 is 0 Å². The summed E-state index contributed by atoms with van der Waals surface area (Å²) in [5, 5.41) is 12.1. The van der Waals surface area contributed by atoms with Gasteiger partial charge in [-0.2, -0.15) is 0 Å². The van der Waals surface area contributed by atoms with Gasteiger partial charge in [-0.15, -0.1) is 10.2 Å². The van der Waals surface area contributed by atoms with Gasteiger partial charge in [0.1, 0.15) is 0 Å². The third kappa shape index (κ3) is 4.58. The van der Waals surface area contributed by atoms with Gasteiger partial charge in [0, 0.05) is 61.6 Å². The first-order valence-electron chi connectivity index (χ1n) is 9.97. The first-order valence-corrected chi connectivity index (χ1v) is 10.4. The van der Waals surface area contributed by atoms with Gasteiger partial charge in [0.25, 0.3) is 5.91 Å². The van der Waals surface area contributed by atoms with Crippen LogP contribution in [0.15, 0.2) is 42.6 Å². The Labute approximate surface area is 175 Å². The second-order valence-electron chi connectivity index (χ2n) is 7.21. The Morgan fingerprint density at radius 1 is 1.10 bits per heavy atom. The molecule has 0 saturated carbocycles. The van der Waals surface area contributed by atoms with Gasteiger partial charge in [-0.05, 0) is 30.8 Å². The molecule has 3 heterocycles. The number of nitrogens with zero attached hydrogens (tertiary/aromatic N) is 5. The van der Waals surface area contributed by atoms with E-state index in [1.54, 1.807) is 12.1 Å². The summed E-state index contributed by atoms with van der Waals surface area (Å²) in [6.07, 6.45) is 1.82. The first kappa shape index (κ1) is 19.8. The van der Waals surface area contributed by atoms with Crippen molar-refractivity contribution in [1.82, 2.24) is 29.7 Å². The van der Waals surface area contributed by atoms with Crippen molar-refractivity contribution in [2.24, 2.45) is 0 Å². The topological polar surface area (TPSA) is 65.8 Å². The predicted molar refractivity (Wildman–Crippen MR) is 114 cm³/mol. The van der Waals surface area contributed by atoms with E-state index in [9.17, 15) is 4.79 Å². The summed E-state index contributed by atoms with van der Waals surface area (Å²) in [7, 11) is 0. The molecule has 1 saturated heterocycles. The average molecular weight is 413 g/mol. The highest BCUT2D eigenvalue weighted by atomic mass is 35.5. The lowest BCUT2D eigenvalue weighted by Gasteiger charge is -2.33. The molecule has 0 aliphatic carbocycles. The van der Waals surface area contributed by atoms with Crippen LogP contribution in [0.2, 0.25) is 5.02 Å². The summed E-state index contributed by atoms with van der Waals surface area (Å²) in [5.74, 6) is 0.604. The Balaban J connectivity index is 1.37. The molecule has 1 amide bonds. The van der Waals surface area contributed by atoms with Crippen molar-refractivity contribution >= 4 is 23.2 Å². The minimum absolute atomic E-state index is 0.0907. The molecule has 0 radical (unpaired) electrons. The van der Waals surface area contributed by atoms with E-state index < -0.39 is 0 Å². The molecule has 1 fully saturated rings. The maximum absolute atomic E-state index is 12.5. The number of likely N-dealkylation sites (N-methyl/N-ethyl adjacent to an activating group) is 1. The standard InChI is InChI=1S/C21H25ClN6O/c1-2-26-10-12-27(13-11-26)9-7-23-21(29)17-6-8-28-19(15-17)24-25-20(28)16-4-3-5-18(22)14-16/h3-6,8,14-15H,2,7,9-13H2,1H3,(H,23,29). The smallest absolute Gasteiger partial charge is 0.251 e. The Morgan fingerprint density at radius 3 is 2.66 bits per heavy atom. The molecular weight excluding hydrogens is 388 g/mol. The lowest BCUT2D eigenvalue weighted by Crippen LogP contribution is -2.48. The van der Waals surface area contributed by atoms with Gasteiger partial charge in [-0.1, -0.05) is 30.7 Å². The molecule has 0 atom stereocenters. The van der Waals surface area contributed by atoms with E-state index in [4.69, 9.17) is 11.6 Å². The number of carbonyl (C=O) groups is 1. The third-order valence-electron chi connectivity index (χ3n) is 5.38. The molecule has 7 nitrogen and oxygen atoms in total. The molecule has 1 aliphatic heterocycles. The number of pyridine rings is 1. The van der Waals surface area contributed by atoms with Crippen molar-refractivity contribution in [2.75, 3.05) is 45.8 Å². The van der Waals surface area contributed by atoms with Gasteiger partial charge in [-0.3, -0.25) is 14.1 Å². The molecular formula is C21H25ClN6O. The van der Waals surface area contributed by atoms with Crippen molar-refractivity contribution in [3.8, 4) is 11.4 Å². The molecule has 0 bridgehead atoms. The molecule has 0 spiro atoms. The SMILES string of the molecule is CCN1CCN(CCNC(=O)c2ccn3c(-c4cccc(Cl)c4)nnc3c2)CC1. The van der Waals surface area contributed by atoms with Crippen molar-refractivity contribution in [1.29, 1.82) is 0 Å². The Kier molecular flexibility index (Phi) is 6.08. The quantitative estimate of drug-likeness (QED) is 0.673. The zero-order chi connectivity index (χ0) is 20.2. The van der Waals surface area contributed by atoms with Crippen LogP contribution >= 0.6 is 11.6 Å². The van der Waals surface area contributed by atoms with Crippen molar-refractivity contribution < 1.29 is 4.79 Å². The summed E-state index contributed by atoms with van der Waals surface area (Å²) >= 11 is 6.08. The number of hydrogen-bond donors (Lipinski definition) is 1. The minimum Gasteiger partial charge on any atom is -0.351 e. The summed E-state index contributed by atoms with van der Waals surface area (Å²) in [6.45, 7) is 9.12. The van der Waals surface area contributed by atoms with E-state index in [-0.39, 0.29) is 5.91 Å². The lowest BCUT2D eigenvalue weighted by atomic mass is 10.2. The molecule has 2 aromatic heterocycles. The fourth-order valence-corrected chi connectivity index (χ4v) is 3.81. The molecule has 152 valence electrons. The van der Waals surface area contributed by atoms with Crippen LogP contribution in [-0.4, -0.2) is 76.1 Å². The van der Waals surface area contributed by atoms with Crippen molar-refractivity contribution in [3.05, 3.63) is 53.2 Å². The van der Waals surface area contributed by atoms with Gasteiger partial charge in [-0.25, -0.2) is 0 Å². The average Bonchev–Trinajstić information content (AvgIpc) is 3.17. The van der Waals surface area contributed by atoms with E-state index in [0.29, 0.717) is 28.6 Å². The molecule has 1 N–H and O–H groups in total. The third-order valence-corrected chi connectivity index (χ3v) is 5.62. The van der Waals surface area contributed by atoms with Crippen LogP contribution in [0, 0.1) is 0 Å². The number of fused-ring (bicyclic) bond motifs is 1. The zero-order valence-corrected chi connectivity index (χ0v) is 17.3. The van der Waals surface area contributed by atoms with Gasteiger partial charge >= 0.3 is 0 Å². The number of hydrogen-bond acceptors (Lipinski definition) is 5. The first-order chi connectivity index (χ1) is 14.1. The van der Waals surface area contributed by atoms with Crippen LogP contribution in [0.3, 0.4) is 0 Å². The molecule has 29 heavy (non-hydrogen) atoms. The number of carbonyl (C=O) groups excluding carboxylic acids is 1. The second-order valence-corrected chi connectivity index (χ2v) is 7.65. The number of aromatic nitrogens is 3. The van der Waals surface area contributed by atoms with E-state index in [2.05, 4.69) is 32.2 Å². The Hall–Kier alpha value is -2.48. The number of piperazine rings is 1. The maximum Gasteiger partial charge on any atom is 0.251 e. The van der Waals surface area contributed by atoms with Crippen molar-refractivity contribution in [2.45, 2.75) is 6.92 Å². The summed E-state index contributed by atoms with van der Waals surface area (Å²) < 4.78 is 1.86. The summed E-state index contributed by atoms with van der Waals surface area (Å²) in [5.41, 5.74) is 2.09. The number of amides is 1. The summed E-state index contributed by atoms with van der Waals surface area (Å²) in [4.78, 5) is 17.4. The normalized spacial score (nSPS) is 15.7. The van der Waals surface area contributed by atoms with Gasteiger partial charge < -0.3 is 10.2 Å². The van der Waals surface area contributed by atoms with Gasteiger partial charge in [0.05, 0.1) is 0 Å². The maximum atomic E-state index is 12.5. The van der Waals surface area contributed by atoms with Crippen LogP contribution < -0.4 is 5.32 Å². The fourth-order valence-electron chi connectivity index (χ4n) is 3.62. The van der Waals surface area contributed by atoms with Crippen LogP contribution in [-0.2, 0) is 0 Å². The molecule has 0 unspecified atom stereocenters. The number of nitrogens with one attached hydrogen (secondary N) is 1. The number of halogens is 1. The van der Waals surface area contributed by atoms with Crippen LogP contribution in [0.1, 0.15) is 17.3 Å². The Morgan fingerprint density at radius 2 is 1.90 bits per heavy atom. The van der Waals surface area contributed by atoms with E-state index in [1.165, 1.54) is 0 Å². The van der Waals surface area contributed by atoms with Crippen LogP contribution in [0.25, 0.3) is 17.0 Å². The lowest BCUT2D eigenvalue weighted by molar-refractivity contribution is 0.0938.